The molecular weight excluding hydrogens is 224 g/mol. The highest BCUT2D eigenvalue weighted by Gasteiger charge is 2.24. The fourth-order valence-electron chi connectivity index (χ4n) is 2.86. The van der Waals surface area contributed by atoms with Crippen LogP contribution in [0.25, 0.3) is 0 Å². The average molecular weight is 250 g/mol. The van der Waals surface area contributed by atoms with Gasteiger partial charge in [-0.05, 0) is 38.0 Å². The number of aliphatic hydroxyl groups excluding tert-OH is 1. The fraction of sp³-hybridized carbons (Fsp3) is 0.800. The van der Waals surface area contributed by atoms with Gasteiger partial charge in [0, 0.05) is 17.8 Å². The molecule has 0 saturated heterocycles. The molecule has 0 spiro atoms. The quantitative estimate of drug-likeness (QED) is 0.841. The maximum atomic E-state index is 10.2. The summed E-state index contributed by atoms with van der Waals surface area (Å²) in [6, 6.07) is 0. The Bertz CT molecular complexity index is 393. The molecule has 1 unspecified atom stereocenters. The van der Waals surface area contributed by atoms with Crippen LogP contribution >= 0.6 is 0 Å². The van der Waals surface area contributed by atoms with E-state index in [1.165, 1.54) is 25.0 Å². The molecule has 3 heteroatoms. The van der Waals surface area contributed by atoms with Gasteiger partial charge in [0.25, 0.3) is 0 Å². The normalized spacial score (nSPS) is 17.8. The summed E-state index contributed by atoms with van der Waals surface area (Å²) in [5, 5.41) is 15.0. The number of rotatable bonds is 6. The predicted molar refractivity (Wildman–Crippen MR) is 73.6 cm³/mol. The Morgan fingerprint density at radius 2 is 2.00 bits per heavy atom. The molecule has 1 heterocycles. The molecule has 1 aliphatic carbocycles. The van der Waals surface area contributed by atoms with Gasteiger partial charge in [-0.3, -0.25) is 4.68 Å². The second-order valence-corrected chi connectivity index (χ2v) is 5.42. The zero-order valence-electron chi connectivity index (χ0n) is 11.9. The Labute approximate surface area is 110 Å². The van der Waals surface area contributed by atoms with Gasteiger partial charge in [0.1, 0.15) is 0 Å². The molecule has 0 radical (unpaired) electrons. The number of nitrogens with zero attached hydrogens (tertiary/aromatic N) is 2. The molecular formula is C15H26N2O. The highest BCUT2D eigenvalue weighted by Crippen LogP contribution is 2.31. The molecule has 102 valence electrons. The molecule has 2 rings (SSSR count). The van der Waals surface area contributed by atoms with E-state index in [9.17, 15) is 5.11 Å². The van der Waals surface area contributed by atoms with Crippen molar-refractivity contribution in [2.75, 3.05) is 0 Å². The molecule has 3 nitrogen and oxygen atoms in total. The van der Waals surface area contributed by atoms with Crippen molar-refractivity contribution in [2.45, 2.75) is 71.9 Å². The fourth-order valence-corrected chi connectivity index (χ4v) is 2.86. The Kier molecular flexibility index (Phi) is 4.44. The smallest absolute Gasteiger partial charge is 0.0823 e. The molecule has 1 aromatic heterocycles. The van der Waals surface area contributed by atoms with E-state index in [1.54, 1.807) is 0 Å². The zero-order chi connectivity index (χ0) is 13.1. The largest absolute Gasteiger partial charge is 0.388 e. The van der Waals surface area contributed by atoms with E-state index < -0.39 is 0 Å². The minimum Gasteiger partial charge on any atom is -0.388 e. The van der Waals surface area contributed by atoms with Gasteiger partial charge >= 0.3 is 0 Å². The van der Waals surface area contributed by atoms with Crippen molar-refractivity contribution >= 4 is 0 Å². The minimum atomic E-state index is -0.343. The first-order valence-corrected chi connectivity index (χ1v) is 7.47. The van der Waals surface area contributed by atoms with E-state index in [1.807, 2.05) is 6.92 Å². The maximum Gasteiger partial charge on any atom is 0.0823 e. The van der Waals surface area contributed by atoms with Crippen LogP contribution in [0.3, 0.4) is 0 Å². The monoisotopic (exact) mass is 250 g/mol. The van der Waals surface area contributed by atoms with Crippen LogP contribution in [0, 0.1) is 5.92 Å². The lowest BCUT2D eigenvalue weighted by atomic mass is 9.85. The summed E-state index contributed by atoms with van der Waals surface area (Å²) in [7, 11) is 0. The van der Waals surface area contributed by atoms with Crippen LogP contribution in [0.15, 0.2) is 0 Å². The van der Waals surface area contributed by atoms with Crippen molar-refractivity contribution < 1.29 is 5.11 Å². The third-order valence-corrected chi connectivity index (χ3v) is 4.22. The number of hydrogen-bond acceptors (Lipinski definition) is 2. The van der Waals surface area contributed by atoms with E-state index >= 15 is 0 Å². The highest BCUT2D eigenvalue weighted by atomic mass is 16.3. The second-order valence-electron chi connectivity index (χ2n) is 5.42. The average Bonchev–Trinajstić information content (AvgIpc) is 2.70. The Hall–Kier alpha value is -0.830. The topological polar surface area (TPSA) is 38.0 Å². The Morgan fingerprint density at radius 1 is 1.28 bits per heavy atom. The van der Waals surface area contributed by atoms with Crippen LogP contribution in [0.4, 0.5) is 0 Å². The van der Waals surface area contributed by atoms with Gasteiger partial charge in [-0.25, -0.2) is 0 Å². The first-order valence-electron chi connectivity index (χ1n) is 7.47. The summed E-state index contributed by atoms with van der Waals surface area (Å²) in [6.45, 7) is 7.38. The van der Waals surface area contributed by atoms with Gasteiger partial charge < -0.3 is 5.11 Å². The van der Waals surface area contributed by atoms with Gasteiger partial charge in [0.2, 0.25) is 0 Å². The highest BCUT2D eigenvalue weighted by molar-refractivity contribution is 5.29. The van der Waals surface area contributed by atoms with Crippen LogP contribution in [0.1, 0.15) is 69.5 Å². The Morgan fingerprint density at radius 3 is 2.44 bits per heavy atom. The van der Waals surface area contributed by atoms with Crippen LogP contribution in [-0.4, -0.2) is 14.9 Å². The molecule has 18 heavy (non-hydrogen) atoms. The molecule has 1 fully saturated rings. The molecule has 1 saturated carbocycles. The third-order valence-electron chi connectivity index (χ3n) is 4.22. The second kappa shape index (κ2) is 5.87. The van der Waals surface area contributed by atoms with Crippen molar-refractivity contribution in [2.24, 2.45) is 5.92 Å². The Balaban J connectivity index is 2.30. The van der Waals surface area contributed by atoms with Crippen LogP contribution in [0.5, 0.6) is 0 Å². The minimum absolute atomic E-state index is 0.343. The molecule has 1 aromatic rings. The molecule has 1 N–H and O–H groups in total. The SMILES string of the molecule is CCc1nn(CC2CCC2)c(CC)c1C(O)CC. The van der Waals surface area contributed by atoms with Gasteiger partial charge in [0.15, 0.2) is 0 Å². The molecule has 0 amide bonds. The number of aliphatic hydroxyl groups is 1. The van der Waals surface area contributed by atoms with Crippen LogP contribution in [-0.2, 0) is 19.4 Å². The van der Waals surface area contributed by atoms with Crippen molar-refractivity contribution in [3.05, 3.63) is 17.0 Å². The van der Waals surface area contributed by atoms with Crippen LogP contribution < -0.4 is 0 Å². The van der Waals surface area contributed by atoms with Crippen molar-refractivity contribution in [1.29, 1.82) is 0 Å². The molecule has 0 bridgehead atoms. The van der Waals surface area contributed by atoms with E-state index in [0.717, 1.165) is 43.0 Å². The van der Waals surface area contributed by atoms with Crippen LogP contribution in [0.2, 0.25) is 0 Å². The summed E-state index contributed by atoms with van der Waals surface area (Å²) in [6.07, 6.45) is 6.37. The first kappa shape index (κ1) is 13.6. The van der Waals surface area contributed by atoms with E-state index in [0.29, 0.717) is 0 Å². The third kappa shape index (κ3) is 2.46. The number of aromatic nitrogens is 2. The lowest BCUT2D eigenvalue weighted by molar-refractivity contribution is 0.171. The van der Waals surface area contributed by atoms with E-state index in [2.05, 4.69) is 18.5 Å². The number of hydrogen-bond donors (Lipinski definition) is 1. The van der Waals surface area contributed by atoms with Crippen molar-refractivity contribution in [3.8, 4) is 0 Å². The number of aryl methyl sites for hydroxylation is 1. The van der Waals surface area contributed by atoms with Gasteiger partial charge in [-0.2, -0.15) is 5.10 Å². The van der Waals surface area contributed by atoms with E-state index in [-0.39, 0.29) is 6.10 Å². The maximum absolute atomic E-state index is 10.2. The predicted octanol–water partition coefficient (Wildman–Crippen LogP) is 3.25. The van der Waals surface area contributed by atoms with Gasteiger partial charge in [-0.1, -0.05) is 27.2 Å². The van der Waals surface area contributed by atoms with Gasteiger partial charge in [0.05, 0.1) is 11.8 Å². The summed E-state index contributed by atoms with van der Waals surface area (Å²) < 4.78 is 2.18. The van der Waals surface area contributed by atoms with E-state index in [4.69, 9.17) is 5.10 Å². The molecule has 1 atom stereocenters. The molecule has 0 aliphatic heterocycles. The summed E-state index contributed by atoms with van der Waals surface area (Å²) in [4.78, 5) is 0. The first-order chi connectivity index (χ1) is 8.71. The van der Waals surface area contributed by atoms with Crippen molar-refractivity contribution in [3.63, 3.8) is 0 Å². The molecule has 0 aromatic carbocycles. The summed E-state index contributed by atoms with van der Waals surface area (Å²) in [5.74, 6) is 0.812. The standard InChI is InChI=1S/C15H26N2O/c1-4-12-15(14(18)6-3)13(5-2)17(16-12)10-11-8-7-9-11/h11,14,18H,4-10H2,1-3H3. The van der Waals surface area contributed by atoms with Gasteiger partial charge in [-0.15, -0.1) is 0 Å². The molecule has 1 aliphatic rings. The lowest BCUT2D eigenvalue weighted by Gasteiger charge is -2.26. The summed E-state index contributed by atoms with van der Waals surface area (Å²) in [5.41, 5.74) is 3.47. The lowest BCUT2D eigenvalue weighted by Crippen LogP contribution is -2.20. The zero-order valence-corrected chi connectivity index (χ0v) is 11.9. The van der Waals surface area contributed by atoms with Crippen molar-refractivity contribution in [1.82, 2.24) is 9.78 Å². The summed E-state index contributed by atoms with van der Waals surface area (Å²) >= 11 is 0.